The van der Waals surface area contributed by atoms with Crippen molar-refractivity contribution in [3.05, 3.63) is 84.1 Å². The second kappa shape index (κ2) is 9.64. The van der Waals surface area contributed by atoms with Crippen molar-refractivity contribution in [2.75, 3.05) is 0 Å². The Morgan fingerprint density at radius 3 is 2.54 bits per heavy atom. The van der Waals surface area contributed by atoms with Gasteiger partial charge in [0.25, 0.3) is 0 Å². The highest BCUT2D eigenvalue weighted by Crippen LogP contribution is 2.17. The lowest BCUT2D eigenvalue weighted by Gasteiger charge is -2.22. The molecule has 0 saturated heterocycles. The average Bonchev–Trinajstić information content (AvgIpc) is 3.20. The molecule has 0 aliphatic carbocycles. The number of alkyl halides is 2. The standard InChI is InChI=1S/C21H20F2N2O3/c22-21(23)28-18-8-5-16(6-9-18)7-10-20(26)25(15-19-4-2-12-27-19)14-17-3-1-11-24-13-17/h1-6,8-9,11-13,21H,7,10,14-15H2. The van der Waals surface area contributed by atoms with Crippen molar-refractivity contribution >= 4 is 5.91 Å². The van der Waals surface area contributed by atoms with Crippen LogP contribution in [0.2, 0.25) is 0 Å². The van der Waals surface area contributed by atoms with Crippen LogP contribution in [0.1, 0.15) is 23.3 Å². The molecule has 0 radical (unpaired) electrons. The van der Waals surface area contributed by atoms with E-state index >= 15 is 0 Å². The van der Waals surface area contributed by atoms with Crippen molar-refractivity contribution in [1.29, 1.82) is 0 Å². The van der Waals surface area contributed by atoms with Crippen LogP contribution < -0.4 is 4.74 Å². The number of hydrogen-bond donors (Lipinski definition) is 0. The van der Waals surface area contributed by atoms with E-state index in [0.29, 0.717) is 25.3 Å². The second-order valence-corrected chi connectivity index (χ2v) is 6.21. The zero-order valence-corrected chi connectivity index (χ0v) is 15.1. The Morgan fingerprint density at radius 1 is 1.07 bits per heavy atom. The highest BCUT2D eigenvalue weighted by atomic mass is 19.3. The molecular formula is C21H20F2N2O3. The van der Waals surface area contributed by atoms with E-state index in [1.54, 1.807) is 41.8 Å². The lowest BCUT2D eigenvalue weighted by atomic mass is 10.1. The molecule has 146 valence electrons. The van der Waals surface area contributed by atoms with Gasteiger partial charge in [-0.2, -0.15) is 8.78 Å². The highest BCUT2D eigenvalue weighted by molar-refractivity contribution is 5.76. The fourth-order valence-corrected chi connectivity index (χ4v) is 2.78. The summed E-state index contributed by atoms with van der Waals surface area (Å²) in [6, 6.07) is 13.7. The predicted molar refractivity (Wildman–Crippen MR) is 98.6 cm³/mol. The third-order valence-electron chi connectivity index (χ3n) is 4.15. The van der Waals surface area contributed by atoms with Crippen LogP contribution in [0, 0.1) is 0 Å². The first-order valence-electron chi connectivity index (χ1n) is 8.83. The number of aromatic nitrogens is 1. The van der Waals surface area contributed by atoms with E-state index < -0.39 is 6.61 Å². The minimum absolute atomic E-state index is 0.0341. The van der Waals surface area contributed by atoms with Gasteiger partial charge in [-0.25, -0.2) is 0 Å². The molecule has 0 spiro atoms. The highest BCUT2D eigenvalue weighted by Gasteiger charge is 2.16. The number of aryl methyl sites for hydroxylation is 1. The number of ether oxygens (including phenoxy) is 1. The summed E-state index contributed by atoms with van der Waals surface area (Å²) in [4.78, 5) is 18.6. The monoisotopic (exact) mass is 386 g/mol. The third-order valence-corrected chi connectivity index (χ3v) is 4.15. The molecule has 2 aromatic heterocycles. The number of pyridine rings is 1. The molecule has 0 aliphatic rings. The summed E-state index contributed by atoms with van der Waals surface area (Å²) >= 11 is 0. The Balaban J connectivity index is 1.61. The van der Waals surface area contributed by atoms with Crippen molar-refractivity contribution in [2.45, 2.75) is 32.5 Å². The summed E-state index contributed by atoms with van der Waals surface area (Å²) in [6.45, 7) is -2.06. The van der Waals surface area contributed by atoms with Crippen LogP contribution in [-0.2, 0) is 24.3 Å². The van der Waals surface area contributed by atoms with E-state index in [9.17, 15) is 13.6 Å². The third kappa shape index (κ3) is 5.90. The van der Waals surface area contributed by atoms with Crippen LogP contribution in [0.5, 0.6) is 5.75 Å². The number of halogens is 2. The van der Waals surface area contributed by atoms with Crippen LogP contribution in [-0.4, -0.2) is 22.4 Å². The first-order valence-corrected chi connectivity index (χ1v) is 8.83. The first-order chi connectivity index (χ1) is 13.6. The molecule has 28 heavy (non-hydrogen) atoms. The summed E-state index contributed by atoms with van der Waals surface area (Å²) in [5.74, 6) is 0.764. The van der Waals surface area contributed by atoms with Crippen molar-refractivity contribution in [3.8, 4) is 5.75 Å². The minimum atomic E-state index is -2.85. The lowest BCUT2D eigenvalue weighted by molar-refractivity contribution is -0.132. The van der Waals surface area contributed by atoms with E-state index in [1.165, 1.54) is 12.1 Å². The summed E-state index contributed by atoms with van der Waals surface area (Å²) in [7, 11) is 0. The molecule has 5 nitrogen and oxygen atoms in total. The van der Waals surface area contributed by atoms with Gasteiger partial charge < -0.3 is 14.1 Å². The SMILES string of the molecule is O=C(CCc1ccc(OC(F)F)cc1)N(Cc1cccnc1)Cc1ccco1. The normalized spacial score (nSPS) is 10.8. The van der Waals surface area contributed by atoms with Crippen LogP contribution >= 0.6 is 0 Å². The molecule has 3 rings (SSSR count). The van der Waals surface area contributed by atoms with Gasteiger partial charge in [0.2, 0.25) is 5.91 Å². The molecular weight excluding hydrogens is 366 g/mol. The number of carbonyl (C=O) groups excluding carboxylic acids is 1. The summed E-state index contributed by atoms with van der Waals surface area (Å²) < 4.78 is 34.1. The van der Waals surface area contributed by atoms with Gasteiger partial charge in [-0.05, 0) is 47.9 Å². The second-order valence-electron chi connectivity index (χ2n) is 6.21. The van der Waals surface area contributed by atoms with Crippen LogP contribution in [0.4, 0.5) is 8.78 Å². The van der Waals surface area contributed by atoms with Crippen LogP contribution in [0.3, 0.4) is 0 Å². The predicted octanol–water partition coefficient (Wildman–Crippen LogP) is 4.44. The van der Waals surface area contributed by atoms with E-state index in [-0.39, 0.29) is 18.1 Å². The smallest absolute Gasteiger partial charge is 0.387 e. The Bertz CT molecular complexity index is 853. The summed E-state index contributed by atoms with van der Waals surface area (Å²) in [5.41, 5.74) is 1.80. The number of furan rings is 1. The lowest BCUT2D eigenvalue weighted by Crippen LogP contribution is -2.30. The topological polar surface area (TPSA) is 55.6 Å². The largest absolute Gasteiger partial charge is 0.467 e. The van der Waals surface area contributed by atoms with Crippen molar-refractivity contribution in [1.82, 2.24) is 9.88 Å². The van der Waals surface area contributed by atoms with Gasteiger partial charge in [-0.15, -0.1) is 0 Å². The van der Waals surface area contributed by atoms with Gasteiger partial charge in [-0.3, -0.25) is 9.78 Å². The minimum Gasteiger partial charge on any atom is -0.467 e. The van der Waals surface area contributed by atoms with Gasteiger partial charge in [0.15, 0.2) is 0 Å². The van der Waals surface area contributed by atoms with E-state index in [4.69, 9.17) is 4.42 Å². The molecule has 0 N–H and O–H groups in total. The van der Waals surface area contributed by atoms with Gasteiger partial charge in [0.1, 0.15) is 11.5 Å². The van der Waals surface area contributed by atoms with Crippen molar-refractivity contribution in [2.24, 2.45) is 0 Å². The molecule has 0 bridgehead atoms. The maximum Gasteiger partial charge on any atom is 0.387 e. The number of benzene rings is 1. The van der Waals surface area contributed by atoms with Gasteiger partial charge in [0.05, 0.1) is 12.8 Å². The first kappa shape index (κ1) is 19.5. The molecule has 1 aromatic carbocycles. The van der Waals surface area contributed by atoms with E-state index in [0.717, 1.165) is 11.1 Å². The molecule has 0 atom stereocenters. The fraction of sp³-hybridized carbons (Fsp3) is 0.238. The van der Waals surface area contributed by atoms with E-state index in [2.05, 4.69) is 9.72 Å². The molecule has 3 aromatic rings. The Hall–Kier alpha value is -3.22. The maximum atomic E-state index is 12.8. The van der Waals surface area contributed by atoms with Gasteiger partial charge in [-0.1, -0.05) is 18.2 Å². The van der Waals surface area contributed by atoms with Gasteiger partial charge >= 0.3 is 6.61 Å². The zero-order chi connectivity index (χ0) is 19.8. The molecule has 0 aliphatic heterocycles. The van der Waals surface area contributed by atoms with Gasteiger partial charge in [0, 0.05) is 25.4 Å². The van der Waals surface area contributed by atoms with Crippen LogP contribution in [0.25, 0.3) is 0 Å². The Kier molecular flexibility index (Phi) is 6.73. The van der Waals surface area contributed by atoms with Crippen LogP contribution in [0.15, 0.2) is 71.6 Å². The fourth-order valence-electron chi connectivity index (χ4n) is 2.78. The number of nitrogens with zero attached hydrogens (tertiary/aromatic N) is 2. The molecule has 0 unspecified atom stereocenters. The number of amides is 1. The maximum absolute atomic E-state index is 12.8. The Morgan fingerprint density at radius 2 is 1.89 bits per heavy atom. The molecule has 0 saturated carbocycles. The number of rotatable bonds is 9. The molecule has 2 heterocycles. The van der Waals surface area contributed by atoms with Crippen molar-refractivity contribution < 1.29 is 22.7 Å². The zero-order valence-electron chi connectivity index (χ0n) is 15.1. The number of hydrogen-bond acceptors (Lipinski definition) is 4. The van der Waals surface area contributed by atoms with Crippen molar-refractivity contribution in [3.63, 3.8) is 0 Å². The summed E-state index contributed by atoms with van der Waals surface area (Å²) in [5, 5.41) is 0. The molecule has 1 amide bonds. The summed E-state index contributed by atoms with van der Waals surface area (Å²) in [6.07, 6.45) is 5.77. The van der Waals surface area contributed by atoms with E-state index in [1.807, 2.05) is 18.2 Å². The quantitative estimate of drug-likeness (QED) is 0.546. The average molecular weight is 386 g/mol. The number of carbonyl (C=O) groups is 1. The molecule has 7 heteroatoms. The Labute approximate surface area is 161 Å². The molecule has 0 fully saturated rings.